The molecular formula is C13H15N5O4. The number of amides is 1. The van der Waals surface area contributed by atoms with Gasteiger partial charge in [-0.2, -0.15) is 5.10 Å². The topological polar surface area (TPSA) is 97.7 Å². The van der Waals surface area contributed by atoms with Crippen molar-refractivity contribution in [2.24, 2.45) is 0 Å². The molecule has 9 nitrogen and oxygen atoms in total. The van der Waals surface area contributed by atoms with Crippen molar-refractivity contribution in [1.29, 1.82) is 0 Å². The molecule has 1 aliphatic heterocycles. The lowest BCUT2D eigenvalue weighted by atomic mass is 10.3. The molecule has 9 heteroatoms. The van der Waals surface area contributed by atoms with Gasteiger partial charge in [0.2, 0.25) is 0 Å². The van der Waals surface area contributed by atoms with Gasteiger partial charge in [-0.05, 0) is 12.1 Å². The highest BCUT2D eigenvalue weighted by molar-refractivity contribution is 5.91. The summed E-state index contributed by atoms with van der Waals surface area (Å²) >= 11 is 0. The van der Waals surface area contributed by atoms with Crippen LogP contribution in [-0.2, 0) is 6.67 Å². The Labute approximate surface area is 125 Å². The zero-order valence-electron chi connectivity index (χ0n) is 11.8. The van der Waals surface area contributed by atoms with Gasteiger partial charge in [-0.1, -0.05) is 0 Å². The van der Waals surface area contributed by atoms with Gasteiger partial charge in [0, 0.05) is 26.2 Å². The van der Waals surface area contributed by atoms with Crippen LogP contribution in [0, 0.1) is 10.1 Å². The maximum atomic E-state index is 12.1. The second-order valence-electron chi connectivity index (χ2n) is 5.02. The van der Waals surface area contributed by atoms with Crippen LogP contribution < -0.4 is 0 Å². The average Bonchev–Trinajstić information content (AvgIpc) is 3.19. The summed E-state index contributed by atoms with van der Waals surface area (Å²) in [5.74, 6) is 0.232. The van der Waals surface area contributed by atoms with E-state index in [1.165, 1.54) is 23.3 Å². The van der Waals surface area contributed by atoms with Gasteiger partial charge in [-0.15, -0.1) is 0 Å². The highest BCUT2D eigenvalue weighted by Crippen LogP contribution is 2.12. The largest absolute Gasteiger partial charge is 0.459 e. The number of hydrogen-bond acceptors (Lipinski definition) is 6. The van der Waals surface area contributed by atoms with E-state index in [4.69, 9.17) is 4.42 Å². The van der Waals surface area contributed by atoms with Crippen molar-refractivity contribution in [3.63, 3.8) is 0 Å². The summed E-state index contributed by atoms with van der Waals surface area (Å²) in [6.07, 6.45) is 4.12. The van der Waals surface area contributed by atoms with Gasteiger partial charge in [0.15, 0.2) is 5.76 Å². The van der Waals surface area contributed by atoms with Gasteiger partial charge in [0.05, 0.1) is 17.9 Å². The Morgan fingerprint density at radius 1 is 1.36 bits per heavy atom. The van der Waals surface area contributed by atoms with Crippen LogP contribution >= 0.6 is 0 Å². The van der Waals surface area contributed by atoms with Crippen LogP contribution in [0.1, 0.15) is 10.6 Å². The Morgan fingerprint density at radius 2 is 2.14 bits per heavy atom. The SMILES string of the molecule is O=C(c1ccco1)N1CCN(Cn2cc([N+](=O)[O-])cn2)CC1. The molecule has 0 N–H and O–H groups in total. The second-order valence-corrected chi connectivity index (χ2v) is 5.02. The number of aromatic nitrogens is 2. The summed E-state index contributed by atoms with van der Waals surface area (Å²) in [4.78, 5) is 26.1. The van der Waals surface area contributed by atoms with Crippen molar-refractivity contribution in [2.45, 2.75) is 6.67 Å². The molecule has 0 spiro atoms. The molecule has 1 aliphatic rings. The third-order valence-electron chi connectivity index (χ3n) is 3.57. The number of nitro groups is 1. The zero-order chi connectivity index (χ0) is 15.5. The van der Waals surface area contributed by atoms with E-state index in [0.29, 0.717) is 38.6 Å². The predicted octanol–water partition coefficient (Wildman–Crippen LogP) is 0.800. The second kappa shape index (κ2) is 5.98. The Kier molecular flexibility index (Phi) is 3.88. The molecule has 0 saturated carbocycles. The van der Waals surface area contributed by atoms with E-state index in [1.54, 1.807) is 17.0 Å². The van der Waals surface area contributed by atoms with Crippen LogP contribution in [0.15, 0.2) is 35.2 Å². The van der Waals surface area contributed by atoms with Gasteiger partial charge in [-0.25, -0.2) is 0 Å². The van der Waals surface area contributed by atoms with Crippen LogP contribution in [0.4, 0.5) is 5.69 Å². The van der Waals surface area contributed by atoms with Crippen LogP contribution in [0.3, 0.4) is 0 Å². The molecule has 1 fully saturated rings. The fourth-order valence-corrected chi connectivity index (χ4v) is 2.38. The van der Waals surface area contributed by atoms with Crippen LogP contribution in [0.5, 0.6) is 0 Å². The monoisotopic (exact) mass is 305 g/mol. The molecule has 0 aliphatic carbocycles. The standard InChI is InChI=1S/C13H15N5O4/c19-13(12-2-1-7-22-12)16-5-3-15(4-6-16)10-17-9-11(8-14-17)18(20)21/h1-2,7-9H,3-6,10H2. The highest BCUT2D eigenvalue weighted by atomic mass is 16.6. The molecule has 3 rings (SSSR count). The van der Waals surface area contributed by atoms with E-state index in [1.807, 2.05) is 0 Å². The van der Waals surface area contributed by atoms with Crippen molar-refractivity contribution in [3.8, 4) is 0 Å². The summed E-state index contributed by atoms with van der Waals surface area (Å²) < 4.78 is 6.64. The molecule has 0 atom stereocenters. The minimum absolute atomic E-state index is 0.0216. The van der Waals surface area contributed by atoms with E-state index in [-0.39, 0.29) is 11.6 Å². The average molecular weight is 305 g/mol. The first-order chi connectivity index (χ1) is 10.6. The van der Waals surface area contributed by atoms with E-state index >= 15 is 0 Å². The molecule has 0 aromatic carbocycles. The summed E-state index contributed by atoms with van der Waals surface area (Å²) in [6.45, 7) is 3.00. The van der Waals surface area contributed by atoms with Crippen molar-refractivity contribution in [2.75, 3.05) is 26.2 Å². The smallest absolute Gasteiger partial charge is 0.307 e. The third kappa shape index (κ3) is 2.98. The van der Waals surface area contributed by atoms with Gasteiger partial charge >= 0.3 is 5.69 Å². The minimum Gasteiger partial charge on any atom is -0.459 e. The molecule has 0 unspecified atom stereocenters. The Balaban J connectivity index is 1.53. The molecule has 116 valence electrons. The van der Waals surface area contributed by atoms with Gasteiger partial charge in [0.1, 0.15) is 12.4 Å². The van der Waals surface area contributed by atoms with E-state index in [0.717, 1.165) is 0 Å². The van der Waals surface area contributed by atoms with Crippen molar-refractivity contribution in [3.05, 3.63) is 46.7 Å². The number of carbonyl (C=O) groups is 1. The van der Waals surface area contributed by atoms with E-state index in [9.17, 15) is 14.9 Å². The van der Waals surface area contributed by atoms with Crippen LogP contribution in [-0.4, -0.2) is 56.6 Å². The summed E-state index contributed by atoms with van der Waals surface area (Å²) in [6, 6.07) is 3.34. The van der Waals surface area contributed by atoms with E-state index < -0.39 is 4.92 Å². The number of piperazine rings is 1. The first kappa shape index (κ1) is 14.3. The van der Waals surface area contributed by atoms with Crippen molar-refractivity contribution in [1.82, 2.24) is 19.6 Å². The Morgan fingerprint density at radius 3 is 2.73 bits per heavy atom. The summed E-state index contributed by atoms with van der Waals surface area (Å²) in [5, 5.41) is 14.6. The van der Waals surface area contributed by atoms with Gasteiger partial charge < -0.3 is 9.32 Å². The maximum absolute atomic E-state index is 12.1. The zero-order valence-corrected chi connectivity index (χ0v) is 11.8. The molecule has 2 aromatic rings. The lowest BCUT2D eigenvalue weighted by Gasteiger charge is -2.34. The van der Waals surface area contributed by atoms with Crippen molar-refractivity contribution < 1.29 is 14.1 Å². The Bertz CT molecular complexity index is 658. The first-order valence-corrected chi connectivity index (χ1v) is 6.85. The normalized spacial score (nSPS) is 15.9. The molecule has 0 radical (unpaired) electrons. The molecule has 1 saturated heterocycles. The first-order valence-electron chi connectivity index (χ1n) is 6.85. The fraction of sp³-hybridized carbons (Fsp3) is 0.385. The summed E-state index contributed by atoms with van der Waals surface area (Å²) in [7, 11) is 0. The molecule has 3 heterocycles. The molecule has 0 bridgehead atoms. The number of furan rings is 1. The molecule has 22 heavy (non-hydrogen) atoms. The third-order valence-corrected chi connectivity index (χ3v) is 3.57. The van der Waals surface area contributed by atoms with Crippen LogP contribution in [0.2, 0.25) is 0 Å². The lowest BCUT2D eigenvalue weighted by molar-refractivity contribution is -0.385. The van der Waals surface area contributed by atoms with E-state index in [2.05, 4.69) is 10.00 Å². The van der Waals surface area contributed by atoms with Crippen LogP contribution in [0.25, 0.3) is 0 Å². The maximum Gasteiger partial charge on any atom is 0.307 e. The molecular weight excluding hydrogens is 290 g/mol. The molecule has 1 amide bonds. The fourth-order valence-electron chi connectivity index (χ4n) is 2.38. The highest BCUT2D eigenvalue weighted by Gasteiger charge is 2.24. The minimum atomic E-state index is -0.469. The number of rotatable bonds is 4. The quantitative estimate of drug-likeness (QED) is 0.612. The van der Waals surface area contributed by atoms with Gasteiger partial charge in [-0.3, -0.25) is 24.5 Å². The number of nitrogens with zero attached hydrogens (tertiary/aromatic N) is 5. The Hall–Kier alpha value is -2.68. The lowest BCUT2D eigenvalue weighted by Crippen LogP contribution is -2.48. The number of carbonyl (C=O) groups excluding carboxylic acids is 1. The predicted molar refractivity (Wildman–Crippen MR) is 75.1 cm³/mol. The van der Waals surface area contributed by atoms with Gasteiger partial charge in [0.25, 0.3) is 5.91 Å². The molecule has 2 aromatic heterocycles. The van der Waals surface area contributed by atoms with Crippen molar-refractivity contribution >= 4 is 11.6 Å². The summed E-state index contributed by atoms with van der Waals surface area (Å²) in [5.41, 5.74) is -0.0216. The number of hydrogen-bond donors (Lipinski definition) is 0.